The van der Waals surface area contributed by atoms with Crippen LogP contribution in [-0.4, -0.2) is 26.6 Å². The van der Waals surface area contributed by atoms with Crippen molar-refractivity contribution in [3.8, 4) is 0 Å². The molecule has 1 atom stereocenters. The predicted molar refractivity (Wildman–Crippen MR) is 86.0 cm³/mol. The van der Waals surface area contributed by atoms with E-state index in [1.165, 1.54) is 24.5 Å². The van der Waals surface area contributed by atoms with Crippen LogP contribution < -0.4 is 10.6 Å². The molecule has 1 aromatic carbocycles. The molecule has 7 nitrogen and oxygen atoms in total. The van der Waals surface area contributed by atoms with Crippen LogP contribution >= 0.6 is 0 Å². The number of aromatic nitrogens is 3. The first-order valence-corrected chi connectivity index (χ1v) is 7.56. The number of fused-ring (bicyclic) bond motifs is 1. The Balaban J connectivity index is 1.89. The molecule has 0 saturated heterocycles. The van der Waals surface area contributed by atoms with Gasteiger partial charge in [-0.2, -0.15) is 10.1 Å². The van der Waals surface area contributed by atoms with Gasteiger partial charge in [0.05, 0.1) is 11.5 Å². The van der Waals surface area contributed by atoms with Gasteiger partial charge < -0.3 is 5.32 Å². The van der Waals surface area contributed by atoms with Crippen LogP contribution in [0.2, 0.25) is 0 Å². The Bertz CT molecular complexity index is 809. The molecule has 0 fully saturated rings. The van der Waals surface area contributed by atoms with Crippen LogP contribution in [0, 0.1) is 5.82 Å². The number of amides is 2. The number of carbonyl (C=O) groups is 2. The summed E-state index contributed by atoms with van der Waals surface area (Å²) in [7, 11) is 0. The molecule has 0 aliphatic carbocycles. The Hall–Kier alpha value is -2.77. The van der Waals surface area contributed by atoms with Gasteiger partial charge in [-0.15, -0.1) is 0 Å². The lowest BCUT2D eigenvalue weighted by molar-refractivity contribution is -0.123. The molecule has 8 heteroatoms. The summed E-state index contributed by atoms with van der Waals surface area (Å²) in [4.78, 5) is 28.6. The third kappa shape index (κ3) is 2.99. The number of rotatable bonds is 2. The number of carbonyl (C=O) groups excluding carboxylic acids is 2. The molecule has 2 aromatic rings. The van der Waals surface area contributed by atoms with Gasteiger partial charge >= 0.3 is 0 Å². The average Bonchev–Trinajstić information content (AvgIpc) is 2.94. The van der Waals surface area contributed by atoms with E-state index < -0.39 is 11.7 Å². The number of hydrogen-bond donors (Lipinski definition) is 2. The summed E-state index contributed by atoms with van der Waals surface area (Å²) < 4.78 is 15.0. The molecule has 1 aliphatic heterocycles. The van der Waals surface area contributed by atoms with Gasteiger partial charge in [-0.1, -0.05) is 6.07 Å². The molecular weight excluding hydrogens is 313 g/mol. The summed E-state index contributed by atoms with van der Waals surface area (Å²) in [6.45, 7) is 5.80. The van der Waals surface area contributed by atoms with Crippen molar-refractivity contribution >= 4 is 23.5 Å². The summed E-state index contributed by atoms with van der Waals surface area (Å²) in [5.41, 5.74) is 0.545. The second kappa shape index (κ2) is 5.70. The van der Waals surface area contributed by atoms with Crippen LogP contribution in [0.1, 0.15) is 38.7 Å². The molecule has 0 radical (unpaired) electrons. The summed E-state index contributed by atoms with van der Waals surface area (Å²) in [6, 6.07) is 4.00. The minimum Gasteiger partial charge on any atom is -0.326 e. The zero-order valence-electron chi connectivity index (χ0n) is 13.6. The van der Waals surface area contributed by atoms with Gasteiger partial charge in [0.1, 0.15) is 12.1 Å². The van der Waals surface area contributed by atoms with E-state index >= 15 is 0 Å². The van der Waals surface area contributed by atoms with Crippen molar-refractivity contribution in [3.63, 3.8) is 0 Å². The van der Waals surface area contributed by atoms with Crippen LogP contribution in [0.25, 0.3) is 0 Å². The van der Waals surface area contributed by atoms with Crippen LogP contribution in [0.4, 0.5) is 16.0 Å². The second-order valence-electron chi connectivity index (χ2n) is 6.69. The summed E-state index contributed by atoms with van der Waals surface area (Å²) in [5.74, 6) is -1.58. The van der Waals surface area contributed by atoms with Crippen LogP contribution in [0.5, 0.6) is 0 Å². The van der Waals surface area contributed by atoms with Gasteiger partial charge in [0.2, 0.25) is 17.8 Å². The highest BCUT2D eigenvalue weighted by atomic mass is 19.1. The molecular formula is C16H18FN5O2. The zero-order valence-corrected chi connectivity index (χ0v) is 13.6. The first kappa shape index (κ1) is 16.1. The predicted octanol–water partition coefficient (Wildman–Crippen LogP) is 2.24. The molecule has 2 N–H and O–H groups in total. The van der Waals surface area contributed by atoms with Crippen molar-refractivity contribution in [2.24, 2.45) is 0 Å². The number of anilines is 2. The number of halogens is 1. The Morgan fingerprint density at radius 3 is 2.88 bits per heavy atom. The maximum Gasteiger partial charge on any atom is 0.234 e. The van der Waals surface area contributed by atoms with Crippen molar-refractivity contribution in [3.05, 3.63) is 35.9 Å². The summed E-state index contributed by atoms with van der Waals surface area (Å²) in [5, 5.41) is 9.43. The standard InChI is InChI=1S/C16H18FN5O2/c1-16(2,3)22-15(18-8-19-22)21-14(24)11-7-13(23)20-12-6-9(17)4-5-10(11)12/h4-6,8,11H,7H2,1-3H3,(H,20,23)(H,18,19,21,24). The lowest BCUT2D eigenvalue weighted by Gasteiger charge is -2.26. The van der Waals surface area contributed by atoms with E-state index in [1.807, 2.05) is 20.8 Å². The quantitative estimate of drug-likeness (QED) is 0.883. The SMILES string of the molecule is CC(C)(C)n1ncnc1NC(=O)C1CC(=O)Nc2cc(F)ccc21. The molecule has 1 aromatic heterocycles. The van der Waals surface area contributed by atoms with E-state index in [0.29, 0.717) is 17.2 Å². The van der Waals surface area contributed by atoms with Gasteiger partial charge in [0.15, 0.2) is 0 Å². The van der Waals surface area contributed by atoms with Crippen molar-refractivity contribution < 1.29 is 14.0 Å². The molecule has 3 rings (SSSR count). The maximum atomic E-state index is 13.4. The van der Waals surface area contributed by atoms with Crippen molar-refractivity contribution in [1.82, 2.24) is 14.8 Å². The minimum absolute atomic E-state index is 0.00583. The highest BCUT2D eigenvalue weighted by Gasteiger charge is 2.32. The van der Waals surface area contributed by atoms with Gasteiger partial charge in [-0.25, -0.2) is 9.07 Å². The Morgan fingerprint density at radius 1 is 1.42 bits per heavy atom. The Labute approximate surface area is 138 Å². The molecule has 2 amide bonds. The zero-order chi connectivity index (χ0) is 17.5. The van der Waals surface area contributed by atoms with E-state index in [-0.39, 0.29) is 23.8 Å². The lowest BCUT2D eigenvalue weighted by atomic mass is 9.90. The van der Waals surface area contributed by atoms with Crippen LogP contribution in [0.15, 0.2) is 24.5 Å². The molecule has 24 heavy (non-hydrogen) atoms. The van der Waals surface area contributed by atoms with E-state index in [2.05, 4.69) is 20.7 Å². The summed E-state index contributed by atoms with van der Waals surface area (Å²) >= 11 is 0. The first-order chi connectivity index (χ1) is 11.3. The highest BCUT2D eigenvalue weighted by Crippen LogP contribution is 2.33. The maximum absolute atomic E-state index is 13.4. The highest BCUT2D eigenvalue weighted by molar-refractivity contribution is 6.04. The molecule has 1 unspecified atom stereocenters. The van der Waals surface area contributed by atoms with Gasteiger partial charge in [0, 0.05) is 12.1 Å². The first-order valence-electron chi connectivity index (χ1n) is 7.56. The van der Waals surface area contributed by atoms with Crippen molar-refractivity contribution in [2.75, 3.05) is 10.6 Å². The van der Waals surface area contributed by atoms with Gasteiger partial charge in [-0.3, -0.25) is 14.9 Å². The van der Waals surface area contributed by atoms with Gasteiger partial charge in [0.25, 0.3) is 0 Å². The van der Waals surface area contributed by atoms with Crippen molar-refractivity contribution in [2.45, 2.75) is 38.6 Å². The molecule has 2 heterocycles. The smallest absolute Gasteiger partial charge is 0.234 e. The molecule has 1 aliphatic rings. The summed E-state index contributed by atoms with van der Waals surface area (Å²) in [6.07, 6.45) is 1.35. The van der Waals surface area contributed by atoms with E-state index in [1.54, 1.807) is 4.68 Å². The molecule has 126 valence electrons. The van der Waals surface area contributed by atoms with E-state index in [9.17, 15) is 14.0 Å². The monoisotopic (exact) mass is 331 g/mol. The second-order valence-corrected chi connectivity index (χ2v) is 6.69. The Morgan fingerprint density at radius 2 is 2.17 bits per heavy atom. The molecule has 0 saturated carbocycles. The normalized spacial score (nSPS) is 17.2. The largest absolute Gasteiger partial charge is 0.326 e. The van der Waals surface area contributed by atoms with E-state index in [0.717, 1.165) is 0 Å². The molecule has 0 bridgehead atoms. The van der Waals surface area contributed by atoms with Gasteiger partial charge in [-0.05, 0) is 38.5 Å². The van der Waals surface area contributed by atoms with E-state index in [4.69, 9.17) is 0 Å². The number of benzene rings is 1. The number of hydrogen-bond acceptors (Lipinski definition) is 4. The minimum atomic E-state index is -0.709. The third-order valence-corrected chi connectivity index (χ3v) is 3.79. The fourth-order valence-electron chi connectivity index (χ4n) is 2.69. The van der Waals surface area contributed by atoms with Crippen LogP contribution in [0.3, 0.4) is 0 Å². The lowest BCUT2D eigenvalue weighted by Crippen LogP contribution is -2.33. The fraction of sp³-hybridized carbons (Fsp3) is 0.375. The van der Waals surface area contributed by atoms with Crippen LogP contribution in [-0.2, 0) is 15.1 Å². The third-order valence-electron chi connectivity index (χ3n) is 3.79. The Kier molecular flexibility index (Phi) is 3.82. The average molecular weight is 331 g/mol. The topological polar surface area (TPSA) is 88.9 Å². The van der Waals surface area contributed by atoms with Crippen molar-refractivity contribution in [1.29, 1.82) is 0 Å². The molecule has 0 spiro atoms. The number of nitrogens with one attached hydrogen (secondary N) is 2. The fourth-order valence-corrected chi connectivity index (χ4v) is 2.69. The number of nitrogens with zero attached hydrogens (tertiary/aromatic N) is 3.